The lowest BCUT2D eigenvalue weighted by Gasteiger charge is -2.30. The van der Waals surface area contributed by atoms with Gasteiger partial charge in [0.05, 0.1) is 18.9 Å². The molecule has 1 aromatic heterocycles. The number of carbonyl (C=O) groups is 1. The summed E-state index contributed by atoms with van der Waals surface area (Å²) in [6.07, 6.45) is 0.633. The van der Waals surface area contributed by atoms with E-state index in [1.807, 2.05) is 0 Å². The number of nitrogen functional groups attached to an aromatic ring is 1. The number of ether oxygens (including phenoxy) is 1. The first kappa shape index (κ1) is 18.0. The van der Waals surface area contributed by atoms with E-state index in [0.29, 0.717) is 12.0 Å². The number of hydrogen-bond donors (Lipinski definition) is 2. The first-order valence-corrected chi connectivity index (χ1v) is 8.59. The molecule has 2 atom stereocenters. The summed E-state index contributed by atoms with van der Waals surface area (Å²) in [6, 6.07) is 6.69. The van der Waals surface area contributed by atoms with Crippen molar-refractivity contribution in [1.82, 2.24) is 9.55 Å². The minimum absolute atomic E-state index is 0.105. The number of nitrogens with zero attached hydrogens (tertiary/aromatic N) is 2. The predicted octanol–water partition coefficient (Wildman–Crippen LogP) is 1.28. The largest absolute Gasteiger partial charge is 0.394 e. The third-order valence-corrected chi connectivity index (χ3v) is 4.85. The average molecular weight is 459 g/mol. The Hall–Kier alpha value is -1.85. The number of hydrogen-bond acceptors (Lipinski definition) is 6. The molecule has 0 amide bonds. The minimum atomic E-state index is -1.77. The van der Waals surface area contributed by atoms with Crippen molar-refractivity contribution in [2.75, 3.05) is 12.3 Å². The third-order valence-electron chi connectivity index (χ3n) is 4.13. The van der Waals surface area contributed by atoms with Crippen molar-refractivity contribution in [1.29, 1.82) is 0 Å². The Balaban J connectivity index is 2.15. The maximum atomic E-state index is 13.9. The molecule has 1 fully saturated rings. The lowest BCUT2D eigenvalue weighted by Crippen LogP contribution is -2.48. The summed E-state index contributed by atoms with van der Waals surface area (Å²) < 4.78 is 21.4. The van der Waals surface area contributed by atoms with Crippen LogP contribution in [0.4, 0.5) is 10.2 Å². The molecule has 1 aliphatic rings. The number of carbonyl (C=O) groups excluding carboxylic acids is 1. The second-order valence-electron chi connectivity index (χ2n) is 5.71. The van der Waals surface area contributed by atoms with E-state index in [1.54, 1.807) is 24.3 Å². The van der Waals surface area contributed by atoms with E-state index in [9.17, 15) is 19.1 Å². The lowest BCUT2D eigenvalue weighted by atomic mass is 9.97. The molecule has 25 heavy (non-hydrogen) atoms. The van der Waals surface area contributed by atoms with Crippen molar-refractivity contribution in [3.8, 4) is 0 Å². The fourth-order valence-electron chi connectivity index (χ4n) is 2.86. The number of aliphatic hydroxyl groups excluding tert-OH is 1. The zero-order valence-corrected chi connectivity index (χ0v) is 15.1. The molecule has 0 radical (unpaired) electrons. The van der Waals surface area contributed by atoms with Crippen LogP contribution in [0.25, 0.3) is 0 Å². The Morgan fingerprint density at radius 1 is 1.48 bits per heavy atom. The van der Waals surface area contributed by atoms with E-state index >= 15 is 0 Å². The van der Waals surface area contributed by atoms with Crippen molar-refractivity contribution in [3.63, 3.8) is 0 Å². The van der Waals surface area contributed by atoms with Gasteiger partial charge >= 0.3 is 5.69 Å². The first-order chi connectivity index (χ1) is 11.9. The summed E-state index contributed by atoms with van der Waals surface area (Å²) in [5.41, 5.74) is 2.97. The normalized spacial score (nSPS) is 22.9. The van der Waals surface area contributed by atoms with Crippen LogP contribution >= 0.6 is 22.6 Å². The number of halogens is 2. The second kappa shape index (κ2) is 6.81. The molecule has 2 aromatic rings. The van der Waals surface area contributed by atoms with E-state index in [1.165, 1.54) is 0 Å². The molecule has 7 nitrogen and oxygen atoms in total. The smallest absolute Gasteiger partial charge is 0.352 e. The van der Waals surface area contributed by atoms with E-state index in [2.05, 4.69) is 27.6 Å². The standard InChI is InChI=1S/C16H15FIN3O4/c17-12-7-21(15(24)20-14(12)19)16(6-5-11(8-22)25-16)13(23)9-1-3-10(18)4-2-9/h1-4,7,11,22H,5-6,8H2,(H2,19,20,24)/t11-,16-/m0/s1. The van der Waals surface area contributed by atoms with Crippen LogP contribution in [0.2, 0.25) is 0 Å². The van der Waals surface area contributed by atoms with Gasteiger partial charge in [-0.1, -0.05) is 12.1 Å². The van der Waals surface area contributed by atoms with Crippen LogP contribution in [-0.4, -0.2) is 33.2 Å². The Kier molecular flexibility index (Phi) is 4.89. The van der Waals surface area contributed by atoms with Gasteiger partial charge in [-0.15, -0.1) is 0 Å². The van der Waals surface area contributed by atoms with Gasteiger partial charge < -0.3 is 15.6 Å². The Bertz CT molecular complexity index is 871. The van der Waals surface area contributed by atoms with Gasteiger partial charge in [0.25, 0.3) is 0 Å². The van der Waals surface area contributed by atoms with Crippen LogP contribution in [-0.2, 0) is 10.5 Å². The predicted molar refractivity (Wildman–Crippen MR) is 95.5 cm³/mol. The number of ketones is 1. The highest BCUT2D eigenvalue weighted by Crippen LogP contribution is 2.37. The van der Waals surface area contributed by atoms with Crippen LogP contribution in [0.5, 0.6) is 0 Å². The van der Waals surface area contributed by atoms with Crippen LogP contribution in [0.3, 0.4) is 0 Å². The minimum Gasteiger partial charge on any atom is -0.394 e. The summed E-state index contributed by atoms with van der Waals surface area (Å²) in [5.74, 6) is -1.98. The molecule has 2 heterocycles. The molecule has 0 saturated carbocycles. The van der Waals surface area contributed by atoms with Crippen molar-refractivity contribution < 1.29 is 19.0 Å². The maximum Gasteiger partial charge on any atom is 0.352 e. The average Bonchev–Trinajstić information content (AvgIpc) is 3.03. The fraction of sp³-hybridized carbons (Fsp3) is 0.312. The summed E-state index contributed by atoms with van der Waals surface area (Å²) in [6.45, 7) is -0.318. The fourth-order valence-corrected chi connectivity index (χ4v) is 3.22. The Morgan fingerprint density at radius 3 is 2.76 bits per heavy atom. The first-order valence-electron chi connectivity index (χ1n) is 7.51. The number of nitrogens with two attached hydrogens (primary N) is 1. The quantitative estimate of drug-likeness (QED) is 0.527. The Morgan fingerprint density at radius 2 is 2.16 bits per heavy atom. The summed E-state index contributed by atoms with van der Waals surface area (Å²) in [7, 11) is 0. The van der Waals surface area contributed by atoms with Crippen LogP contribution in [0.15, 0.2) is 35.3 Å². The zero-order chi connectivity index (χ0) is 18.2. The van der Waals surface area contributed by atoms with E-state index in [-0.39, 0.29) is 13.0 Å². The van der Waals surface area contributed by atoms with Gasteiger partial charge in [0.15, 0.2) is 11.6 Å². The van der Waals surface area contributed by atoms with Crippen LogP contribution in [0, 0.1) is 9.39 Å². The maximum absolute atomic E-state index is 13.9. The molecule has 0 spiro atoms. The second-order valence-corrected chi connectivity index (χ2v) is 6.95. The number of aliphatic hydroxyl groups is 1. The number of anilines is 1. The number of Topliss-reactive ketones (excluding diaryl/α,β-unsaturated/α-hetero) is 1. The highest BCUT2D eigenvalue weighted by molar-refractivity contribution is 14.1. The van der Waals surface area contributed by atoms with Gasteiger partial charge in [-0.3, -0.25) is 9.36 Å². The van der Waals surface area contributed by atoms with Gasteiger partial charge in [-0.05, 0) is 41.1 Å². The molecule has 0 unspecified atom stereocenters. The summed E-state index contributed by atoms with van der Waals surface area (Å²) in [5, 5.41) is 9.37. The Labute approximate surface area is 155 Å². The van der Waals surface area contributed by atoms with Gasteiger partial charge in [-0.25, -0.2) is 9.18 Å². The van der Waals surface area contributed by atoms with E-state index in [4.69, 9.17) is 10.5 Å². The van der Waals surface area contributed by atoms with Crippen molar-refractivity contribution in [2.45, 2.75) is 24.7 Å². The van der Waals surface area contributed by atoms with Crippen LogP contribution < -0.4 is 11.4 Å². The number of benzene rings is 1. The van der Waals surface area contributed by atoms with Gasteiger partial charge in [0, 0.05) is 15.6 Å². The summed E-state index contributed by atoms with van der Waals surface area (Å²) >= 11 is 2.10. The molecule has 3 rings (SSSR count). The zero-order valence-electron chi connectivity index (χ0n) is 13.0. The van der Waals surface area contributed by atoms with Crippen molar-refractivity contribution in [3.05, 3.63) is 55.9 Å². The molecule has 0 bridgehead atoms. The molecular weight excluding hydrogens is 444 g/mol. The van der Waals surface area contributed by atoms with Gasteiger partial charge in [-0.2, -0.15) is 4.98 Å². The third kappa shape index (κ3) is 3.18. The monoisotopic (exact) mass is 459 g/mol. The number of aromatic nitrogens is 2. The molecule has 3 N–H and O–H groups in total. The molecule has 1 aliphatic heterocycles. The molecule has 1 saturated heterocycles. The topological polar surface area (TPSA) is 107 Å². The molecule has 1 aromatic carbocycles. The molecular formula is C16H15FIN3O4. The molecule has 132 valence electrons. The van der Waals surface area contributed by atoms with Crippen molar-refractivity contribution in [2.24, 2.45) is 0 Å². The SMILES string of the molecule is Nc1nc(=O)n([C@@]2(C(=O)c3ccc(I)cc3)CC[C@@H](CO)O2)cc1F. The van der Waals surface area contributed by atoms with E-state index in [0.717, 1.165) is 14.3 Å². The highest BCUT2D eigenvalue weighted by atomic mass is 127. The molecule has 9 heteroatoms. The van der Waals surface area contributed by atoms with Gasteiger partial charge in [0.1, 0.15) is 0 Å². The van der Waals surface area contributed by atoms with E-state index < -0.39 is 34.9 Å². The molecule has 0 aliphatic carbocycles. The lowest BCUT2D eigenvalue weighted by molar-refractivity contribution is -0.0857. The summed E-state index contributed by atoms with van der Waals surface area (Å²) in [4.78, 5) is 28.8. The van der Waals surface area contributed by atoms with Crippen molar-refractivity contribution >= 4 is 34.2 Å². The highest BCUT2D eigenvalue weighted by Gasteiger charge is 2.49. The van der Waals surface area contributed by atoms with Gasteiger partial charge in [0.2, 0.25) is 11.5 Å². The number of rotatable bonds is 4. The van der Waals surface area contributed by atoms with Crippen LogP contribution in [0.1, 0.15) is 23.2 Å².